The molecule has 0 aliphatic carbocycles. The second-order valence-electron chi connectivity index (χ2n) is 6.83. The van der Waals surface area contributed by atoms with Gasteiger partial charge in [-0.2, -0.15) is 0 Å². The van der Waals surface area contributed by atoms with Gasteiger partial charge in [0.05, 0.1) is 11.0 Å². The van der Waals surface area contributed by atoms with Gasteiger partial charge in [0.25, 0.3) is 11.6 Å². The van der Waals surface area contributed by atoms with E-state index >= 15 is 0 Å². The van der Waals surface area contributed by atoms with Crippen LogP contribution in [0, 0.1) is 10.1 Å². The Morgan fingerprint density at radius 1 is 1.00 bits per heavy atom. The monoisotopic (exact) mass is 385 g/mol. The van der Waals surface area contributed by atoms with Crippen molar-refractivity contribution in [3.05, 3.63) is 112 Å². The van der Waals surface area contributed by atoms with Crippen molar-refractivity contribution in [3.63, 3.8) is 0 Å². The maximum Gasteiger partial charge on any atom is 0.270 e. The van der Waals surface area contributed by atoms with E-state index in [1.807, 2.05) is 60.8 Å². The Morgan fingerprint density at radius 2 is 1.72 bits per heavy atom. The number of fused-ring (bicyclic) bond motifs is 1. The van der Waals surface area contributed by atoms with Crippen molar-refractivity contribution < 1.29 is 9.72 Å². The summed E-state index contributed by atoms with van der Waals surface area (Å²) in [6.07, 6.45) is 1.92. The highest BCUT2D eigenvalue weighted by Crippen LogP contribution is 2.34. The lowest BCUT2D eigenvalue weighted by Gasteiger charge is -2.29. The van der Waals surface area contributed by atoms with Gasteiger partial charge in [-0.3, -0.25) is 14.9 Å². The number of benzene rings is 3. The zero-order valence-corrected chi connectivity index (χ0v) is 15.8. The number of non-ortho nitro benzene ring substituents is 1. The standard InChI is InChI=1S/C23H19N3O3/c1-25(23(27)17-10-7-11-18(14-17)26(28)29)22(16-8-3-2-4-9-16)20-15-24-21-13-6-5-12-19(20)21/h2-15,22,24H,1H3. The molecular formula is C23H19N3O3. The van der Waals surface area contributed by atoms with Crippen LogP contribution in [0.1, 0.15) is 27.5 Å². The highest BCUT2D eigenvalue weighted by molar-refractivity contribution is 5.96. The van der Waals surface area contributed by atoms with E-state index in [2.05, 4.69) is 4.98 Å². The number of H-pyrrole nitrogens is 1. The van der Waals surface area contributed by atoms with Crippen LogP contribution in [0.3, 0.4) is 0 Å². The number of hydrogen-bond donors (Lipinski definition) is 1. The first kappa shape index (κ1) is 18.4. The lowest BCUT2D eigenvalue weighted by Crippen LogP contribution is -2.32. The summed E-state index contributed by atoms with van der Waals surface area (Å²) in [5.41, 5.74) is 3.08. The van der Waals surface area contributed by atoms with Crippen LogP contribution in [0.4, 0.5) is 5.69 Å². The number of aromatic nitrogens is 1. The third-order valence-electron chi connectivity index (χ3n) is 5.04. The van der Waals surface area contributed by atoms with Crippen molar-refractivity contribution >= 4 is 22.5 Å². The van der Waals surface area contributed by atoms with Gasteiger partial charge in [-0.15, -0.1) is 0 Å². The number of carbonyl (C=O) groups is 1. The lowest BCUT2D eigenvalue weighted by atomic mass is 9.96. The molecule has 0 saturated heterocycles. The molecule has 1 atom stereocenters. The van der Waals surface area contributed by atoms with Gasteiger partial charge in [-0.1, -0.05) is 54.6 Å². The average molecular weight is 385 g/mol. The first-order valence-electron chi connectivity index (χ1n) is 9.19. The molecule has 0 radical (unpaired) electrons. The molecule has 1 unspecified atom stereocenters. The van der Waals surface area contributed by atoms with Gasteiger partial charge < -0.3 is 9.88 Å². The number of rotatable bonds is 5. The molecule has 1 aromatic heterocycles. The summed E-state index contributed by atoms with van der Waals surface area (Å²) in [5.74, 6) is -0.284. The van der Waals surface area contributed by atoms with E-state index in [0.717, 1.165) is 22.0 Å². The molecule has 1 heterocycles. The van der Waals surface area contributed by atoms with E-state index in [4.69, 9.17) is 0 Å². The van der Waals surface area contributed by atoms with Crippen molar-refractivity contribution in [1.29, 1.82) is 0 Å². The van der Waals surface area contributed by atoms with Crippen molar-refractivity contribution in [2.24, 2.45) is 0 Å². The van der Waals surface area contributed by atoms with Crippen molar-refractivity contribution in [2.45, 2.75) is 6.04 Å². The third kappa shape index (κ3) is 3.48. The summed E-state index contributed by atoms with van der Waals surface area (Å²) in [6.45, 7) is 0. The molecular weight excluding hydrogens is 366 g/mol. The SMILES string of the molecule is CN(C(=O)c1cccc([N+](=O)[O-])c1)C(c1ccccc1)c1c[nH]c2ccccc12. The number of nitro benzene ring substituents is 1. The number of amides is 1. The molecule has 1 N–H and O–H groups in total. The van der Waals surface area contributed by atoms with Crippen molar-refractivity contribution in [2.75, 3.05) is 7.05 Å². The van der Waals surface area contributed by atoms with Crippen LogP contribution in [0.2, 0.25) is 0 Å². The Kier molecular flexibility index (Phi) is 4.83. The van der Waals surface area contributed by atoms with Crippen LogP contribution >= 0.6 is 0 Å². The lowest BCUT2D eigenvalue weighted by molar-refractivity contribution is -0.384. The minimum Gasteiger partial charge on any atom is -0.361 e. The molecule has 0 fully saturated rings. The number of carbonyl (C=O) groups excluding carboxylic acids is 1. The van der Waals surface area contributed by atoms with Crippen LogP contribution < -0.4 is 0 Å². The summed E-state index contributed by atoms with van der Waals surface area (Å²) < 4.78 is 0. The third-order valence-corrected chi connectivity index (χ3v) is 5.04. The zero-order chi connectivity index (χ0) is 20.4. The summed E-state index contributed by atoms with van der Waals surface area (Å²) >= 11 is 0. The Morgan fingerprint density at radius 3 is 2.48 bits per heavy atom. The minimum absolute atomic E-state index is 0.104. The van der Waals surface area contributed by atoms with Crippen LogP contribution in [0.5, 0.6) is 0 Å². The summed E-state index contributed by atoms with van der Waals surface area (Å²) in [7, 11) is 1.72. The molecule has 0 aliphatic rings. The topological polar surface area (TPSA) is 79.2 Å². The van der Waals surface area contributed by atoms with E-state index in [0.29, 0.717) is 0 Å². The molecule has 29 heavy (non-hydrogen) atoms. The van der Waals surface area contributed by atoms with Gasteiger partial charge in [0.2, 0.25) is 0 Å². The van der Waals surface area contributed by atoms with Gasteiger partial charge in [-0.25, -0.2) is 0 Å². The average Bonchev–Trinajstić information content (AvgIpc) is 3.18. The molecule has 1 amide bonds. The predicted molar refractivity (Wildman–Crippen MR) is 112 cm³/mol. The normalized spacial score (nSPS) is 11.9. The highest BCUT2D eigenvalue weighted by atomic mass is 16.6. The molecule has 3 aromatic carbocycles. The van der Waals surface area contributed by atoms with Gasteiger partial charge in [0.1, 0.15) is 0 Å². The Labute approximate surface area is 167 Å². The molecule has 6 nitrogen and oxygen atoms in total. The molecule has 0 saturated carbocycles. The number of hydrogen-bond acceptors (Lipinski definition) is 3. The second kappa shape index (κ2) is 7.59. The number of nitrogens with zero attached hydrogens (tertiary/aromatic N) is 2. The number of nitro groups is 1. The molecule has 4 rings (SSSR count). The highest BCUT2D eigenvalue weighted by Gasteiger charge is 2.27. The Balaban J connectivity index is 1.80. The van der Waals surface area contributed by atoms with E-state index in [1.165, 1.54) is 18.2 Å². The molecule has 0 spiro atoms. The van der Waals surface area contributed by atoms with Gasteiger partial charge in [-0.05, 0) is 17.7 Å². The van der Waals surface area contributed by atoms with Gasteiger partial charge in [0.15, 0.2) is 0 Å². The van der Waals surface area contributed by atoms with E-state index in [9.17, 15) is 14.9 Å². The quantitative estimate of drug-likeness (QED) is 0.390. The summed E-state index contributed by atoms with van der Waals surface area (Å²) in [6, 6.07) is 23.2. The number of aromatic amines is 1. The molecule has 0 bridgehead atoms. The largest absolute Gasteiger partial charge is 0.361 e. The summed E-state index contributed by atoms with van der Waals surface area (Å²) in [4.78, 5) is 28.8. The first-order chi connectivity index (χ1) is 14.1. The van der Waals surface area contributed by atoms with Crippen LogP contribution in [-0.4, -0.2) is 27.8 Å². The molecule has 0 aliphatic heterocycles. The first-order valence-corrected chi connectivity index (χ1v) is 9.19. The predicted octanol–water partition coefficient (Wildman–Crippen LogP) is 4.94. The van der Waals surface area contributed by atoms with E-state index in [1.54, 1.807) is 18.0 Å². The smallest absolute Gasteiger partial charge is 0.270 e. The van der Waals surface area contributed by atoms with E-state index in [-0.39, 0.29) is 23.2 Å². The second-order valence-corrected chi connectivity index (χ2v) is 6.83. The maximum atomic E-state index is 13.3. The number of nitrogens with one attached hydrogen (secondary N) is 1. The molecule has 6 heteroatoms. The summed E-state index contributed by atoms with van der Waals surface area (Å²) in [5, 5.41) is 12.1. The van der Waals surface area contributed by atoms with Crippen molar-refractivity contribution in [1.82, 2.24) is 9.88 Å². The van der Waals surface area contributed by atoms with Gasteiger partial charge >= 0.3 is 0 Å². The minimum atomic E-state index is -0.495. The van der Waals surface area contributed by atoms with Gasteiger partial charge in [0, 0.05) is 47.4 Å². The zero-order valence-electron chi connectivity index (χ0n) is 15.8. The van der Waals surface area contributed by atoms with Crippen LogP contribution in [-0.2, 0) is 0 Å². The van der Waals surface area contributed by atoms with Crippen LogP contribution in [0.15, 0.2) is 85.1 Å². The van der Waals surface area contributed by atoms with Crippen molar-refractivity contribution in [3.8, 4) is 0 Å². The maximum absolute atomic E-state index is 13.3. The molecule has 144 valence electrons. The fraction of sp³-hybridized carbons (Fsp3) is 0.0870. The fourth-order valence-electron chi connectivity index (χ4n) is 3.64. The Bertz CT molecular complexity index is 1180. The van der Waals surface area contributed by atoms with E-state index < -0.39 is 4.92 Å². The number of para-hydroxylation sites is 1. The Hall–Kier alpha value is -3.93. The molecule has 4 aromatic rings. The fourth-order valence-corrected chi connectivity index (χ4v) is 3.64. The van der Waals surface area contributed by atoms with Crippen LogP contribution in [0.25, 0.3) is 10.9 Å².